The number of imide groups is 1. The summed E-state index contributed by atoms with van der Waals surface area (Å²) in [7, 11) is 0. The first-order chi connectivity index (χ1) is 10.3. The van der Waals surface area contributed by atoms with Crippen molar-refractivity contribution in [2.45, 2.75) is 26.7 Å². The van der Waals surface area contributed by atoms with Crippen LogP contribution < -0.4 is 0 Å². The van der Waals surface area contributed by atoms with Gasteiger partial charge in [0, 0.05) is 18.4 Å². The van der Waals surface area contributed by atoms with Gasteiger partial charge in [-0.2, -0.15) is 0 Å². The van der Waals surface area contributed by atoms with Crippen LogP contribution in [0, 0.1) is 11.3 Å². The molecule has 1 aliphatic carbocycles. The van der Waals surface area contributed by atoms with Crippen LogP contribution in [0.4, 0.5) is 0 Å². The first-order valence-electron chi connectivity index (χ1n) is 7.35. The maximum atomic E-state index is 12.5. The fraction of sp³-hybridized carbons (Fsp3) is 0.412. The first kappa shape index (κ1) is 14.6. The Morgan fingerprint density at radius 3 is 2.14 bits per heavy atom. The highest BCUT2D eigenvalue weighted by atomic mass is 16.2. The van der Waals surface area contributed by atoms with Gasteiger partial charge in [0.25, 0.3) is 11.8 Å². The summed E-state index contributed by atoms with van der Waals surface area (Å²) in [4.78, 5) is 50.3. The highest BCUT2D eigenvalue weighted by molar-refractivity contribution is 6.22. The number of hydrogen-bond donors (Lipinski definition) is 0. The lowest BCUT2D eigenvalue weighted by Gasteiger charge is -2.33. The second-order valence-corrected chi connectivity index (χ2v) is 6.53. The van der Waals surface area contributed by atoms with Crippen molar-refractivity contribution in [1.82, 2.24) is 4.90 Å². The van der Waals surface area contributed by atoms with E-state index in [0.717, 1.165) is 4.90 Å². The van der Waals surface area contributed by atoms with E-state index in [1.165, 1.54) is 0 Å². The summed E-state index contributed by atoms with van der Waals surface area (Å²) < 4.78 is 0. The summed E-state index contributed by atoms with van der Waals surface area (Å²) in [6, 6.07) is 6.55. The van der Waals surface area contributed by atoms with Crippen LogP contribution in [0.2, 0.25) is 0 Å². The molecule has 0 radical (unpaired) electrons. The number of Topliss-reactive ketones (excluding diaryl/α,β-unsaturated/α-hetero) is 2. The average molecular weight is 299 g/mol. The number of carbonyl (C=O) groups excluding carboxylic acids is 4. The van der Waals surface area contributed by atoms with Gasteiger partial charge in [0.1, 0.15) is 5.78 Å². The molecule has 5 nitrogen and oxygen atoms in total. The molecule has 1 atom stereocenters. The number of ketones is 2. The molecule has 0 N–H and O–H groups in total. The van der Waals surface area contributed by atoms with E-state index in [1.54, 1.807) is 38.1 Å². The summed E-state index contributed by atoms with van der Waals surface area (Å²) in [5.74, 6) is -2.11. The Bertz CT molecular complexity index is 669. The summed E-state index contributed by atoms with van der Waals surface area (Å²) in [5, 5.41) is 0. The molecule has 1 unspecified atom stereocenters. The summed E-state index contributed by atoms with van der Waals surface area (Å²) in [6.45, 7) is 3.46. The van der Waals surface area contributed by atoms with E-state index >= 15 is 0 Å². The fourth-order valence-corrected chi connectivity index (χ4v) is 3.12. The molecule has 5 heteroatoms. The zero-order valence-electron chi connectivity index (χ0n) is 12.6. The van der Waals surface area contributed by atoms with Gasteiger partial charge in [-0.1, -0.05) is 26.0 Å². The van der Waals surface area contributed by atoms with E-state index in [0.29, 0.717) is 24.0 Å². The molecule has 114 valence electrons. The molecule has 2 aliphatic rings. The van der Waals surface area contributed by atoms with Gasteiger partial charge in [0.05, 0.1) is 17.0 Å². The van der Waals surface area contributed by atoms with E-state index in [-0.39, 0.29) is 18.1 Å². The molecule has 2 amide bonds. The van der Waals surface area contributed by atoms with Gasteiger partial charge in [-0.3, -0.25) is 24.1 Å². The number of hydrogen-bond acceptors (Lipinski definition) is 4. The predicted octanol–water partition coefficient (Wildman–Crippen LogP) is 1.86. The minimum Gasteiger partial charge on any atom is -0.299 e. The van der Waals surface area contributed by atoms with Gasteiger partial charge in [-0.25, -0.2) is 0 Å². The minimum atomic E-state index is -0.897. The standard InChI is InChI=1S/C17H17NO4/c1-17(2)8-7-13(19)12(14(17)20)9-18-15(21)10-5-3-4-6-11(10)16(18)22/h3-6,12H,7-9H2,1-2H3. The summed E-state index contributed by atoms with van der Waals surface area (Å²) >= 11 is 0. The molecular formula is C17H17NO4. The quantitative estimate of drug-likeness (QED) is 0.617. The zero-order chi connectivity index (χ0) is 16.1. The van der Waals surface area contributed by atoms with Crippen LogP contribution in [0.3, 0.4) is 0 Å². The largest absolute Gasteiger partial charge is 0.299 e. The average Bonchev–Trinajstić information content (AvgIpc) is 2.73. The molecule has 1 aliphatic heterocycles. The van der Waals surface area contributed by atoms with Crippen LogP contribution in [-0.4, -0.2) is 34.8 Å². The van der Waals surface area contributed by atoms with E-state index < -0.39 is 23.1 Å². The second kappa shape index (κ2) is 4.87. The molecule has 1 aromatic rings. The Labute approximate surface area is 128 Å². The second-order valence-electron chi connectivity index (χ2n) is 6.53. The predicted molar refractivity (Wildman–Crippen MR) is 78.3 cm³/mol. The number of nitrogens with zero attached hydrogens (tertiary/aromatic N) is 1. The SMILES string of the molecule is CC1(C)CCC(=O)C(CN2C(=O)c3ccccc3C2=O)C1=O. The summed E-state index contributed by atoms with van der Waals surface area (Å²) in [5.41, 5.74) is 0.0852. The maximum absolute atomic E-state index is 12.5. The Hall–Kier alpha value is -2.30. The van der Waals surface area contributed by atoms with Crippen LogP contribution in [0.1, 0.15) is 47.4 Å². The van der Waals surface area contributed by atoms with Crippen molar-refractivity contribution in [2.75, 3.05) is 6.54 Å². The molecule has 3 rings (SSSR count). The Kier molecular flexibility index (Phi) is 3.24. The van der Waals surface area contributed by atoms with Gasteiger partial charge in [0.2, 0.25) is 0 Å². The molecule has 1 aromatic carbocycles. The fourth-order valence-electron chi connectivity index (χ4n) is 3.12. The lowest BCUT2D eigenvalue weighted by atomic mass is 9.70. The van der Waals surface area contributed by atoms with Gasteiger partial charge < -0.3 is 0 Å². The molecule has 0 saturated heterocycles. The Morgan fingerprint density at radius 2 is 1.59 bits per heavy atom. The molecule has 1 saturated carbocycles. The smallest absolute Gasteiger partial charge is 0.261 e. The lowest BCUT2D eigenvalue weighted by Crippen LogP contribution is -2.47. The van der Waals surface area contributed by atoms with Crippen molar-refractivity contribution in [2.24, 2.45) is 11.3 Å². The molecular weight excluding hydrogens is 282 g/mol. The molecule has 0 bridgehead atoms. The number of fused-ring (bicyclic) bond motifs is 1. The highest BCUT2D eigenvalue weighted by Gasteiger charge is 2.45. The number of amides is 2. The van der Waals surface area contributed by atoms with Crippen LogP contribution in [-0.2, 0) is 9.59 Å². The van der Waals surface area contributed by atoms with E-state index in [1.807, 2.05) is 0 Å². The first-order valence-corrected chi connectivity index (χ1v) is 7.35. The van der Waals surface area contributed by atoms with Crippen LogP contribution in [0.5, 0.6) is 0 Å². The van der Waals surface area contributed by atoms with Crippen molar-refractivity contribution in [3.05, 3.63) is 35.4 Å². The number of benzene rings is 1. The normalized spacial score (nSPS) is 23.9. The number of rotatable bonds is 2. The van der Waals surface area contributed by atoms with E-state index in [9.17, 15) is 19.2 Å². The lowest BCUT2D eigenvalue weighted by molar-refractivity contribution is -0.143. The molecule has 1 fully saturated rings. The van der Waals surface area contributed by atoms with Gasteiger partial charge in [-0.15, -0.1) is 0 Å². The maximum Gasteiger partial charge on any atom is 0.261 e. The van der Waals surface area contributed by atoms with Gasteiger partial charge in [0.15, 0.2) is 5.78 Å². The monoisotopic (exact) mass is 299 g/mol. The third kappa shape index (κ3) is 2.08. The molecule has 1 heterocycles. The van der Waals surface area contributed by atoms with Crippen LogP contribution in [0.15, 0.2) is 24.3 Å². The highest BCUT2D eigenvalue weighted by Crippen LogP contribution is 2.35. The Balaban J connectivity index is 1.88. The molecule has 0 aromatic heterocycles. The van der Waals surface area contributed by atoms with Crippen molar-refractivity contribution in [3.8, 4) is 0 Å². The van der Waals surface area contributed by atoms with Crippen molar-refractivity contribution >= 4 is 23.4 Å². The third-order valence-electron chi connectivity index (χ3n) is 4.61. The van der Waals surface area contributed by atoms with Gasteiger partial charge >= 0.3 is 0 Å². The molecule has 22 heavy (non-hydrogen) atoms. The number of carbonyl (C=O) groups is 4. The van der Waals surface area contributed by atoms with E-state index in [4.69, 9.17) is 0 Å². The Morgan fingerprint density at radius 1 is 1.05 bits per heavy atom. The van der Waals surface area contributed by atoms with Crippen LogP contribution >= 0.6 is 0 Å². The zero-order valence-corrected chi connectivity index (χ0v) is 12.6. The van der Waals surface area contributed by atoms with Crippen molar-refractivity contribution in [3.63, 3.8) is 0 Å². The third-order valence-corrected chi connectivity index (χ3v) is 4.61. The summed E-state index contributed by atoms with van der Waals surface area (Å²) in [6.07, 6.45) is 0.829. The van der Waals surface area contributed by atoms with Gasteiger partial charge in [-0.05, 0) is 18.6 Å². The van der Waals surface area contributed by atoms with E-state index in [2.05, 4.69) is 0 Å². The van der Waals surface area contributed by atoms with Crippen molar-refractivity contribution in [1.29, 1.82) is 0 Å². The topological polar surface area (TPSA) is 71.5 Å². The van der Waals surface area contributed by atoms with Crippen molar-refractivity contribution < 1.29 is 19.2 Å². The van der Waals surface area contributed by atoms with Crippen LogP contribution in [0.25, 0.3) is 0 Å². The molecule has 0 spiro atoms. The minimum absolute atomic E-state index is 0.145.